The highest BCUT2D eigenvalue weighted by Gasteiger charge is 2.34. The van der Waals surface area contributed by atoms with Crippen LogP contribution in [0.2, 0.25) is 0 Å². The van der Waals surface area contributed by atoms with Gasteiger partial charge in [-0.1, -0.05) is 25.9 Å². The summed E-state index contributed by atoms with van der Waals surface area (Å²) in [7, 11) is 0. The van der Waals surface area contributed by atoms with E-state index in [2.05, 4.69) is 15.1 Å². The summed E-state index contributed by atoms with van der Waals surface area (Å²) in [6.45, 7) is 8.66. The summed E-state index contributed by atoms with van der Waals surface area (Å²) < 4.78 is 11.2. The number of rotatable bonds is 6. The normalized spacial score (nSPS) is 17.1. The van der Waals surface area contributed by atoms with Crippen LogP contribution in [0.4, 0.5) is 0 Å². The number of aromatic nitrogens is 3. The molecule has 140 valence electrons. The van der Waals surface area contributed by atoms with Gasteiger partial charge in [0, 0.05) is 18.2 Å². The van der Waals surface area contributed by atoms with Crippen molar-refractivity contribution in [3.8, 4) is 5.75 Å². The molecule has 1 amide bonds. The number of carbonyl (C=O) groups is 1. The molecule has 0 aromatic carbocycles. The summed E-state index contributed by atoms with van der Waals surface area (Å²) in [5.74, 6) is 1.99. The van der Waals surface area contributed by atoms with Crippen molar-refractivity contribution in [1.82, 2.24) is 20.0 Å². The molecule has 0 bridgehead atoms. The lowest BCUT2D eigenvalue weighted by atomic mass is 10.2. The molecule has 0 spiro atoms. The van der Waals surface area contributed by atoms with Gasteiger partial charge in [-0.25, -0.2) is 0 Å². The van der Waals surface area contributed by atoms with E-state index in [4.69, 9.17) is 9.26 Å². The van der Waals surface area contributed by atoms with E-state index in [9.17, 15) is 4.79 Å². The number of aryl methyl sites for hydroxylation is 2. The SMILES string of the molecule is CCc1nc(C)ccc1OCC(=O)N1CCCC1c1nc(C(C)C)no1. The first-order chi connectivity index (χ1) is 12.5. The molecule has 1 aliphatic heterocycles. The van der Waals surface area contributed by atoms with Gasteiger partial charge in [0.1, 0.15) is 11.8 Å². The predicted octanol–water partition coefficient (Wildman–Crippen LogP) is 3.20. The average molecular weight is 358 g/mol. The second-order valence-electron chi connectivity index (χ2n) is 6.93. The maximum Gasteiger partial charge on any atom is 0.261 e. The van der Waals surface area contributed by atoms with Crippen LogP contribution >= 0.6 is 0 Å². The third-order valence-electron chi connectivity index (χ3n) is 4.59. The lowest BCUT2D eigenvalue weighted by Gasteiger charge is -2.22. The monoisotopic (exact) mass is 358 g/mol. The summed E-state index contributed by atoms with van der Waals surface area (Å²) in [5, 5.41) is 4.01. The van der Waals surface area contributed by atoms with Gasteiger partial charge in [0.15, 0.2) is 12.4 Å². The highest BCUT2D eigenvalue weighted by molar-refractivity contribution is 5.78. The number of ether oxygens (including phenoxy) is 1. The minimum Gasteiger partial charge on any atom is -0.482 e. The second kappa shape index (κ2) is 7.85. The molecule has 3 rings (SSSR count). The zero-order valence-corrected chi connectivity index (χ0v) is 15.9. The number of carbonyl (C=O) groups excluding carboxylic acids is 1. The third-order valence-corrected chi connectivity index (χ3v) is 4.59. The Morgan fingerprint density at radius 2 is 2.19 bits per heavy atom. The predicted molar refractivity (Wildman–Crippen MR) is 95.9 cm³/mol. The number of amides is 1. The van der Waals surface area contributed by atoms with Crippen molar-refractivity contribution in [2.45, 2.75) is 58.9 Å². The highest BCUT2D eigenvalue weighted by atomic mass is 16.5. The van der Waals surface area contributed by atoms with Crippen molar-refractivity contribution in [3.63, 3.8) is 0 Å². The van der Waals surface area contributed by atoms with Crippen LogP contribution in [0.25, 0.3) is 0 Å². The Morgan fingerprint density at radius 3 is 2.88 bits per heavy atom. The highest BCUT2D eigenvalue weighted by Crippen LogP contribution is 2.31. The molecule has 7 nitrogen and oxygen atoms in total. The molecule has 1 aliphatic rings. The van der Waals surface area contributed by atoms with E-state index >= 15 is 0 Å². The third kappa shape index (κ3) is 3.86. The first-order valence-electron chi connectivity index (χ1n) is 9.21. The first kappa shape index (κ1) is 18.4. The van der Waals surface area contributed by atoms with Gasteiger partial charge in [0.05, 0.1) is 5.69 Å². The zero-order chi connectivity index (χ0) is 18.7. The summed E-state index contributed by atoms with van der Waals surface area (Å²) in [6, 6.07) is 3.61. The standard InChI is InChI=1S/C19H26N4O3/c1-5-14-16(9-8-13(4)20-14)25-11-17(24)23-10-6-7-15(23)19-21-18(12(2)3)22-26-19/h8-9,12,15H,5-7,10-11H2,1-4H3. The largest absolute Gasteiger partial charge is 0.482 e. The van der Waals surface area contributed by atoms with E-state index in [1.165, 1.54) is 0 Å². The number of nitrogens with zero attached hydrogens (tertiary/aromatic N) is 4. The molecule has 2 aromatic rings. The van der Waals surface area contributed by atoms with E-state index in [-0.39, 0.29) is 24.5 Å². The van der Waals surface area contributed by atoms with Crippen molar-refractivity contribution in [1.29, 1.82) is 0 Å². The van der Waals surface area contributed by atoms with Crippen molar-refractivity contribution in [3.05, 3.63) is 35.2 Å². The smallest absolute Gasteiger partial charge is 0.261 e. The minimum absolute atomic E-state index is 0.0145. The quantitative estimate of drug-likeness (QED) is 0.789. The van der Waals surface area contributed by atoms with Crippen molar-refractivity contribution in [2.24, 2.45) is 0 Å². The van der Waals surface area contributed by atoms with Crippen LogP contribution in [0.3, 0.4) is 0 Å². The molecule has 2 aromatic heterocycles. The van der Waals surface area contributed by atoms with Crippen LogP contribution in [0.15, 0.2) is 16.7 Å². The fraction of sp³-hybridized carbons (Fsp3) is 0.579. The topological polar surface area (TPSA) is 81.4 Å². The number of hydrogen-bond donors (Lipinski definition) is 0. The van der Waals surface area contributed by atoms with E-state index in [1.54, 1.807) is 4.90 Å². The van der Waals surface area contributed by atoms with Crippen molar-refractivity contribution in [2.75, 3.05) is 13.2 Å². The summed E-state index contributed by atoms with van der Waals surface area (Å²) in [6.07, 6.45) is 2.51. The zero-order valence-electron chi connectivity index (χ0n) is 15.9. The van der Waals surface area contributed by atoms with Crippen molar-refractivity contribution >= 4 is 5.91 Å². The van der Waals surface area contributed by atoms with Gasteiger partial charge in [0.2, 0.25) is 5.89 Å². The van der Waals surface area contributed by atoms with Gasteiger partial charge in [-0.05, 0) is 38.3 Å². The molecule has 0 saturated carbocycles. The molecule has 26 heavy (non-hydrogen) atoms. The van der Waals surface area contributed by atoms with Crippen LogP contribution in [0.1, 0.15) is 68.7 Å². The number of hydrogen-bond acceptors (Lipinski definition) is 6. The van der Waals surface area contributed by atoms with E-state index in [0.29, 0.717) is 24.0 Å². The average Bonchev–Trinajstić information content (AvgIpc) is 3.29. The van der Waals surface area contributed by atoms with Gasteiger partial charge < -0.3 is 14.2 Å². The fourth-order valence-electron chi connectivity index (χ4n) is 3.14. The fourth-order valence-corrected chi connectivity index (χ4v) is 3.14. The summed E-state index contributed by atoms with van der Waals surface area (Å²) >= 11 is 0. The number of pyridine rings is 1. The lowest BCUT2D eigenvalue weighted by Crippen LogP contribution is -2.34. The van der Waals surface area contributed by atoms with Crippen LogP contribution in [-0.4, -0.2) is 39.1 Å². The van der Waals surface area contributed by atoms with Gasteiger partial charge in [-0.15, -0.1) is 0 Å². The minimum atomic E-state index is -0.159. The Bertz CT molecular complexity index is 772. The Balaban J connectivity index is 1.67. The van der Waals surface area contributed by atoms with Crippen molar-refractivity contribution < 1.29 is 14.1 Å². The lowest BCUT2D eigenvalue weighted by molar-refractivity contribution is -0.134. The Hall–Kier alpha value is -2.44. The van der Waals surface area contributed by atoms with Gasteiger partial charge >= 0.3 is 0 Å². The van der Waals surface area contributed by atoms with Gasteiger partial charge in [-0.3, -0.25) is 9.78 Å². The number of likely N-dealkylation sites (tertiary alicyclic amines) is 1. The summed E-state index contributed by atoms with van der Waals surface area (Å²) in [4.78, 5) is 23.4. The molecule has 1 fully saturated rings. The summed E-state index contributed by atoms with van der Waals surface area (Å²) in [5.41, 5.74) is 1.81. The maximum atomic E-state index is 12.7. The Kier molecular flexibility index (Phi) is 5.54. The molecule has 1 atom stereocenters. The Labute approximate surface area is 153 Å². The molecule has 0 aliphatic carbocycles. The molecule has 3 heterocycles. The molecular formula is C19H26N4O3. The maximum absolute atomic E-state index is 12.7. The van der Waals surface area contributed by atoms with Gasteiger partial charge in [0.25, 0.3) is 5.91 Å². The molecule has 0 radical (unpaired) electrons. The molecule has 0 N–H and O–H groups in total. The Morgan fingerprint density at radius 1 is 1.38 bits per heavy atom. The van der Waals surface area contributed by atoms with E-state index in [0.717, 1.165) is 30.7 Å². The van der Waals surface area contributed by atoms with Gasteiger partial charge in [-0.2, -0.15) is 4.98 Å². The van der Waals surface area contributed by atoms with Crippen LogP contribution in [0.5, 0.6) is 5.75 Å². The van der Waals surface area contributed by atoms with Crippen LogP contribution < -0.4 is 4.74 Å². The van der Waals surface area contributed by atoms with E-state index in [1.807, 2.05) is 39.8 Å². The van der Waals surface area contributed by atoms with Crippen LogP contribution in [0, 0.1) is 6.92 Å². The van der Waals surface area contributed by atoms with Crippen LogP contribution in [-0.2, 0) is 11.2 Å². The molecule has 1 saturated heterocycles. The van der Waals surface area contributed by atoms with E-state index < -0.39 is 0 Å². The molecular weight excluding hydrogens is 332 g/mol. The molecule has 1 unspecified atom stereocenters. The first-order valence-corrected chi connectivity index (χ1v) is 9.21. The second-order valence-corrected chi connectivity index (χ2v) is 6.93. The molecule has 7 heteroatoms.